The first kappa shape index (κ1) is 17.9. The van der Waals surface area contributed by atoms with Crippen LogP contribution >= 0.6 is 0 Å². The predicted octanol–water partition coefficient (Wildman–Crippen LogP) is 2.21. The van der Waals surface area contributed by atoms with E-state index >= 15 is 0 Å². The minimum Gasteiger partial charge on any atom is -0.366 e. The Kier molecular flexibility index (Phi) is 5.50. The molecule has 1 fully saturated rings. The number of piperidine rings is 1. The molecule has 0 spiro atoms. The molecule has 1 aromatic carbocycles. The first-order valence-electron chi connectivity index (χ1n) is 8.79. The summed E-state index contributed by atoms with van der Waals surface area (Å²) in [5, 5.41) is 14.3. The number of nitro benzene ring substituents is 1. The summed E-state index contributed by atoms with van der Waals surface area (Å²) in [6, 6.07) is 6.78. The second kappa shape index (κ2) is 7.99. The molecule has 3 rings (SSSR count). The van der Waals surface area contributed by atoms with Gasteiger partial charge in [-0.25, -0.2) is 4.98 Å². The first-order chi connectivity index (χ1) is 12.5. The van der Waals surface area contributed by atoms with Crippen molar-refractivity contribution in [1.82, 2.24) is 14.9 Å². The van der Waals surface area contributed by atoms with E-state index in [0.717, 1.165) is 0 Å². The van der Waals surface area contributed by atoms with Crippen molar-refractivity contribution >= 4 is 17.3 Å². The number of aromatic nitrogens is 2. The van der Waals surface area contributed by atoms with E-state index in [4.69, 9.17) is 0 Å². The van der Waals surface area contributed by atoms with Crippen LogP contribution in [-0.4, -0.2) is 39.5 Å². The molecule has 0 unspecified atom stereocenters. The highest BCUT2D eigenvalue weighted by atomic mass is 16.6. The van der Waals surface area contributed by atoms with Crippen LogP contribution in [0.2, 0.25) is 0 Å². The fraction of sp³-hybridized carbons (Fsp3) is 0.444. The van der Waals surface area contributed by atoms with Crippen molar-refractivity contribution < 1.29 is 9.72 Å². The van der Waals surface area contributed by atoms with Crippen LogP contribution in [0.4, 0.5) is 11.4 Å². The summed E-state index contributed by atoms with van der Waals surface area (Å²) >= 11 is 0. The lowest BCUT2D eigenvalue weighted by Crippen LogP contribution is -2.44. The summed E-state index contributed by atoms with van der Waals surface area (Å²) in [5.41, 5.74) is 0.745. The normalized spacial score (nSPS) is 16.3. The zero-order valence-corrected chi connectivity index (χ0v) is 14.7. The summed E-state index contributed by atoms with van der Waals surface area (Å²) in [6.07, 6.45) is 6.69. The number of rotatable bonds is 6. The Bertz CT molecular complexity index is 754. The topological polar surface area (TPSA) is 93.3 Å². The van der Waals surface area contributed by atoms with Gasteiger partial charge in [-0.3, -0.25) is 14.9 Å². The van der Waals surface area contributed by atoms with E-state index in [-0.39, 0.29) is 28.5 Å². The quantitative estimate of drug-likeness (QED) is 0.632. The number of imidazole rings is 1. The Labute approximate surface area is 152 Å². The monoisotopic (exact) mass is 357 g/mol. The molecule has 1 atom stereocenters. The van der Waals surface area contributed by atoms with Crippen molar-refractivity contribution in [3.05, 3.63) is 53.1 Å². The second-order valence-corrected chi connectivity index (χ2v) is 6.68. The van der Waals surface area contributed by atoms with Crippen LogP contribution in [0, 0.1) is 16.0 Å². The van der Waals surface area contributed by atoms with Gasteiger partial charge in [0.25, 0.3) is 5.69 Å². The van der Waals surface area contributed by atoms with E-state index in [1.165, 1.54) is 6.07 Å². The Morgan fingerprint density at radius 1 is 1.38 bits per heavy atom. The summed E-state index contributed by atoms with van der Waals surface area (Å²) < 4.78 is 1.93. The minimum absolute atomic E-state index is 0.0185. The van der Waals surface area contributed by atoms with Crippen LogP contribution in [0.1, 0.15) is 19.8 Å². The molecular weight excluding hydrogens is 334 g/mol. The molecule has 1 saturated heterocycles. The highest BCUT2D eigenvalue weighted by molar-refractivity contribution is 5.79. The summed E-state index contributed by atoms with van der Waals surface area (Å²) in [4.78, 5) is 29.3. The number of hydrogen-bond acceptors (Lipinski definition) is 5. The lowest BCUT2D eigenvalue weighted by Gasteiger charge is -2.33. The Balaban J connectivity index is 1.53. The number of hydrogen-bond donors (Lipinski definition) is 1. The van der Waals surface area contributed by atoms with Gasteiger partial charge in [0.2, 0.25) is 5.91 Å². The van der Waals surface area contributed by atoms with Crippen LogP contribution in [0.15, 0.2) is 43.0 Å². The van der Waals surface area contributed by atoms with Crippen molar-refractivity contribution in [2.45, 2.75) is 32.4 Å². The van der Waals surface area contributed by atoms with Gasteiger partial charge in [0.1, 0.15) is 5.69 Å². The Morgan fingerprint density at radius 3 is 2.77 bits per heavy atom. The van der Waals surface area contributed by atoms with Gasteiger partial charge in [-0.05, 0) is 25.8 Å². The van der Waals surface area contributed by atoms with E-state index < -0.39 is 0 Å². The van der Waals surface area contributed by atoms with Gasteiger partial charge >= 0.3 is 0 Å². The molecule has 8 heteroatoms. The SMILES string of the molecule is C[C@@H](Cn1ccnc1)NC(=O)C1CCN(c2ccccc2[N+](=O)[O-])CC1. The molecule has 0 aliphatic carbocycles. The number of nitrogens with one attached hydrogen (secondary N) is 1. The smallest absolute Gasteiger partial charge is 0.292 e. The van der Waals surface area contributed by atoms with Crippen molar-refractivity contribution in [3.63, 3.8) is 0 Å². The van der Waals surface area contributed by atoms with Crippen LogP contribution in [0.3, 0.4) is 0 Å². The molecule has 1 aliphatic heterocycles. The lowest BCUT2D eigenvalue weighted by molar-refractivity contribution is -0.384. The standard InChI is InChI=1S/C18H23N5O3/c1-14(12-21-11-8-19-13-21)20-18(24)15-6-9-22(10-7-15)16-4-2-3-5-17(16)23(25)26/h2-5,8,11,13-15H,6-7,9-10,12H2,1H3,(H,20,24)/t14-/m0/s1. The zero-order chi connectivity index (χ0) is 18.5. The molecule has 2 aromatic rings. The number of para-hydroxylation sites is 2. The van der Waals surface area contributed by atoms with Gasteiger partial charge in [-0.15, -0.1) is 0 Å². The molecule has 0 radical (unpaired) electrons. The third kappa shape index (κ3) is 4.19. The predicted molar refractivity (Wildman–Crippen MR) is 97.9 cm³/mol. The molecule has 2 heterocycles. The number of anilines is 1. The molecule has 26 heavy (non-hydrogen) atoms. The molecule has 1 aliphatic rings. The fourth-order valence-corrected chi connectivity index (χ4v) is 3.39. The minimum atomic E-state index is -0.355. The third-order valence-electron chi connectivity index (χ3n) is 4.72. The Hall–Kier alpha value is -2.90. The van der Waals surface area contributed by atoms with Crippen molar-refractivity contribution in [3.8, 4) is 0 Å². The largest absolute Gasteiger partial charge is 0.366 e. The fourth-order valence-electron chi connectivity index (χ4n) is 3.39. The average molecular weight is 357 g/mol. The van der Waals surface area contributed by atoms with Gasteiger partial charge in [0, 0.05) is 50.1 Å². The lowest BCUT2D eigenvalue weighted by atomic mass is 9.95. The highest BCUT2D eigenvalue weighted by Gasteiger charge is 2.28. The van der Waals surface area contributed by atoms with Gasteiger partial charge < -0.3 is 14.8 Å². The van der Waals surface area contributed by atoms with Crippen LogP contribution in [-0.2, 0) is 11.3 Å². The van der Waals surface area contributed by atoms with Crippen LogP contribution in [0.5, 0.6) is 0 Å². The molecule has 0 bridgehead atoms. The van der Waals surface area contributed by atoms with Crippen LogP contribution < -0.4 is 10.2 Å². The first-order valence-corrected chi connectivity index (χ1v) is 8.79. The average Bonchev–Trinajstić information content (AvgIpc) is 3.14. The summed E-state index contributed by atoms with van der Waals surface area (Å²) in [6.45, 7) is 3.93. The van der Waals surface area contributed by atoms with Gasteiger partial charge in [0.15, 0.2) is 0 Å². The third-order valence-corrected chi connectivity index (χ3v) is 4.72. The molecule has 1 aromatic heterocycles. The summed E-state index contributed by atoms with van der Waals surface area (Å²) in [5.74, 6) is -0.000850. The number of carbonyl (C=O) groups excluding carboxylic acids is 1. The maximum atomic E-state index is 12.5. The number of benzene rings is 1. The molecule has 138 valence electrons. The summed E-state index contributed by atoms with van der Waals surface area (Å²) in [7, 11) is 0. The molecular formula is C18H23N5O3. The highest BCUT2D eigenvalue weighted by Crippen LogP contribution is 2.31. The van der Waals surface area contributed by atoms with E-state index in [0.29, 0.717) is 38.2 Å². The number of nitrogens with zero attached hydrogens (tertiary/aromatic N) is 4. The number of nitro groups is 1. The maximum absolute atomic E-state index is 12.5. The van der Waals surface area contributed by atoms with Crippen molar-refractivity contribution in [2.24, 2.45) is 5.92 Å². The van der Waals surface area contributed by atoms with E-state index in [1.54, 1.807) is 30.7 Å². The van der Waals surface area contributed by atoms with E-state index in [2.05, 4.69) is 10.3 Å². The second-order valence-electron chi connectivity index (χ2n) is 6.68. The van der Waals surface area contributed by atoms with Gasteiger partial charge in [0.05, 0.1) is 11.3 Å². The number of carbonyl (C=O) groups is 1. The Morgan fingerprint density at radius 2 is 2.12 bits per heavy atom. The molecule has 1 amide bonds. The van der Waals surface area contributed by atoms with Crippen LogP contribution in [0.25, 0.3) is 0 Å². The van der Waals surface area contributed by atoms with E-state index in [9.17, 15) is 14.9 Å². The molecule has 0 saturated carbocycles. The molecule has 1 N–H and O–H groups in total. The van der Waals surface area contributed by atoms with Crippen molar-refractivity contribution in [2.75, 3.05) is 18.0 Å². The van der Waals surface area contributed by atoms with Crippen molar-refractivity contribution in [1.29, 1.82) is 0 Å². The zero-order valence-electron chi connectivity index (χ0n) is 14.7. The van der Waals surface area contributed by atoms with E-state index in [1.807, 2.05) is 22.6 Å². The van der Waals surface area contributed by atoms with Gasteiger partial charge in [-0.1, -0.05) is 12.1 Å². The van der Waals surface area contributed by atoms with Gasteiger partial charge in [-0.2, -0.15) is 0 Å². The maximum Gasteiger partial charge on any atom is 0.292 e. The molecule has 8 nitrogen and oxygen atoms in total. The number of amides is 1.